The molecule has 1 saturated heterocycles. The molecular formula is C18H24N2O2S. The summed E-state index contributed by atoms with van der Waals surface area (Å²) in [6, 6.07) is 3.40. The molecule has 3 rings (SSSR count). The van der Waals surface area contributed by atoms with E-state index < -0.39 is 0 Å². The zero-order valence-electron chi connectivity index (χ0n) is 13.4. The van der Waals surface area contributed by atoms with Gasteiger partial charge in [0.25, 0.3) is 5.91 Å². The van der Waals surface area contributed by atoms with Crippen molar-refractivity contribution in [1.82, 2.24) is 10.2 Å². The van der Waals surface area contributed by atoms with Gasteiger partial charge < -0.3 is 10.2 Å². The molecule has 0 spiro atoms. The average molecular weight is 332 g/mol. The van der Waals surface area contributed by atoms with Crippen LogP contribution in [0.4, 0.5) is 0 Å². The van der Waals surface area contributed by atoms with Crippen LogP contribution in [0.25, 0.3) is 0 Å². The van der Waals surface area contributed by atoms with Gasteiger partial charge in [-0.15, -0.1) is 11.3 Å². The van der Waals surface area contributed by atoms with Gasteiger partial charge in [-0.2, -0.15) is 0 Å². The SMILES string of the molecule is O=C(NCCC1=CCCCC1)[C@@H]1CCCN1C(=O)c1cccs1. The molecule has 1 aromatic rings. The number of hydrogen-bond donors (Lipinski definition) is 1. The number of allylic oxidation sites excluding steroid dienone is 1. The molecule has 1 fully saturated rings. The molecule has 124 valence electrons. The summed E-state index contributed by atoms with van der Waals surface area (Å²) in [5.41, 5.74) is 1.47. The highest BCUT2D eigenvalue weighted by atomic mass is 32.1. The van der Waals surface area contributed by atoms with Crippen LogP contribution in [0.15, 0.2) is 29.2 Å². The van der Waals surface area contributed by atoms with Crippen molar-refractivity contribution in [3.63, 3.8) is 0 Å². The number of carbonyl (C=O) groups is 2. The Kier molecular flexibility index (Phi) is 5.49. The fourth-order valence-electron chi connectivity index (χ4n) is 3.42. The molecule has 1 aromatic heterocycles. The Labute approximate surface area is 141 Å². The molecular weight excluding hydrogens is 308 g/mol. The first kappa shape index (κ1) is 16.2. The van der Waals surface area contributed by atoms with E-state index in [4.69, 9.17) is 0 Å². The third-order valence-electron chi connectivity index (χ3n) is 4.68. The van der Waals surface area contributed by atoms with E-state index in [1.54, 1.807) is 4.90 Å². The molecule has 1 atom stereocenters. The zero-order valence-corrected chi connectivity index (χ0v) is 14.2. The van der Waals surface area contributed by atoms with E-state index in [1.165, 1.54) is 42.6 Å². The van der Waals surface area contributed by atoms with Gasteiger partial charge in [0.2, 0.25) is 5.91 Å². The summed E-state index contributed by atoms with van der Waals surface area (Å²) in [5.74, 6) is -0.00328. The van der Waals surface area contributed by atoms with Gasteiger partial charge in [-0.1, -0.05) is 17.7 Å². The van der Waals surface area contributed by atoms with Gasteiger partial charge in [0.15, 0.2) is 0 Å². The highest BCUT2D eigenvalue weighted by Gasteiger charge is 2.34. The number of likely N-dealkylation sites (tertiary alicyclic amines) is 1. The van der Waals surface area contributed by atoms with Crippen LogP contribution in [0.3, 0.4) is 0 Å². The van der Waals surface area contributed by atoms with Crippen molar-refractivity contribution < 1.29 is 9.59 Å². The van der Waals surface area contributed by atoms with Crippen molar-refractivity contribution in [2.75, 3.05) is 13.1 Å². The summed E-state index contributed by atoms with van der Waals surface area (Å²) >= 11 is 1.44. The molecule has 0 aromatic carbocycles. The lowest BCUT2D eigenvalue weighted by atomic mass is 9.97. The van der Waals surface area contributed by atoms with E-state index >= 15 is 0 Å². The molecule has 0 radical (unpaired) electrons. The first-order valence-corrected chi connectivity index (χ1v) is 9.44. The minimum Gasteiger partial charge on any atom is -0.354 e. The van der Waals surface area contributed by atoms with Gasteiger partial charge in [0.05, 0.1) is 4.88 Å². The lowest BCUT2D eigenvalue weighted by molar-refractivity contribution is -0.124. The number of amides is 2. The number of rotatable bonds is 5. The van der Waals surface area contributed by atoms with Crippen LogP contribution in [-0.2, 0) is 4.79 Å². The third kappa shape index (κ3) is 4.02. The number of thiophene rings is 1. The van der Waals surface area contributed by atoms with Crippen molar-refractivity contribution in [2.24, 2.45) is 0 Å². The number of nitrogens with one attached hydrogen (secondary N) is 1. The first-order chi connectivity index (χ1) is 11.3. The summed E-state index contributed by atoms with van der Waals surface area (Å²) in [4.78, 5) is 27.4. The number of nitrogens with zero attached hydrogens (tertiary/aromatic N) is 1. The molecule has 0 bridgehead atoms. The predicted molar refractivity (Wildman–Crippen MR) is 92.6 cm³/mol. The van der Waals surface area contributed by atoms with Crippen molar-refractivity contribution >= 4 is 23.2 Å². The molecule has 0 saturated carbocycles. The summed E-state index contributed by atoms with van der Waals surface area (Å²) in [5, 5.41) is 4.93. The van der Waals surface area contributed by atoms with Gasteiger partial charge in [-0.3, -0.25) is 9.59 Å². The van der Waals surface area contributed by atoms with Crippen LogP contribution >= 0.6 is 11.3 Å². The molecule has 4 nitrogen and oxygen atoms in total. The van der Waals surface area contributed by atoms with E-state index in [0.717, 1.165) is 24.1 Å². The molecule has 0 unspecified atom stereocenters. The Morgan fingerprint density at radius 1 is 1.30 bits per heavy atom. The smallest absolute Gasteiger partial charge is 0.264 e. The van der Waals surface area contributed by atoms with E-state index in [0.29, 0.717) is 13.1 Å². The second-order valence-corrected chi connectivity index (χ2v) is 7.23. The topological polar surface area (TPSA) is 49.4 Å². The standard InChI is InChI=1S/C18H24N2O2S/c21-17(19-11-10-14-6-2-1-3-7-14)15-8-4-12-20(15)18(22)16-9-5-13-23-16/h5-6,9,13,15H,1-4,7-8,10-12H2,(H,19,21)/t15-/m0/s1. The largest absolute Gasteiger partial charge is 0.354 e. The van der Waals surface area contributed by atoms with Crippen LogP contribution in [0.5, 0.6) is 0 Å². The van der Waals surface area contributed by atoms with Crippen molar-refractivity contribution in [2.45, 2.75) is 51.0 Å². The summed E-state index contributed by atoms with van der Waals surface area (Å²) in [7, 11) is 0. The molecule has 23 heavy (non-hydrogen) atoms. The fourth-order valence-corrected chi connectivity index (χ4v) is 4.10. The van der Waals surface area contributed by atoms with Crippen molar-refractivity contribution in [3.8, 4) is 0 Å². The lowest BCUT2D eigenvalue weighted by Crippen LogP contribution is -2.46. The van der Waals surface area contributed by atoms with E-state index in [-0.39, 0.29) is 17.9 Å². The van der Waals surface area contributed by atoms with Crippen LogP contribution < -0.4 is 5.32 Å². The molecule has 2 heterocycles. The maximum absolute atomic E-state index is 12.5. The third-order valence-corrected chi connectivity index (χ3v) is 5.54. The Hall–Kier alpha value is -1.62. The average Bonchev–Trinajstić information content (AvgIpc) is 3.27. The Balaban J connectivity index is 1.51. The van der Waals surface area contributed by atoms with E-state index in [2.05, 4.69) is 11.4 Å². The molecule has 2 aliphatic rings. The molecule has 1 aliphatic carbocycles. The maximum atomic E-state index is 12.5. The summed E-state index contributed by atoms with van der Waals surface area (Å²) < 4.78 is 0. The summed E-state index contributed by atoms with van der Waals surface area (Å²) in [6.07, 6.45) is 9.84. The van der Waals surface area contributed by atoms with Crippen LogP contribution in [-0.4, -0.2) is 35.8 Å². The van der Waals surface area contributed by atoms with E-state index in [9.17, 15) is 9.59 Å². The first-order valence-electron chi connectivity index (χ1n) is 8.56. The highest BCUT2D eigenvalue weighted by Crippen LogP contribution is 2.23. The minimum atomic E-state index is -0.301. The quantitative estimate of drug-likeness (QED) is 0.841. The van der Waals surface area contributed by atoms with Gasteiger partial charge in [-0.25, -0.2) is 0 Å². The zero-order chi connectivity index (χ0) is 16.1. The molecule has 2 amide bonds. The van der Waals surface area contributed by atoms with Crippen LogP contribution in [0, 0.1) is 0 Å². The fraction of sp³-hybridized carbons (Fsp3) is 0.556. The Morgan fingerprint density at radius 2 is 2.22 bits per heavy atom. The molecule has 5 heteroatoms. The number of carbonyl (C=O) groups excluding carboxylic acids is 2. The van der Waals surface area contributed by atoms with Crippen molar-refractivity contribution in [1.29, 1.82) is 0 Å². The van der Waals surface area contributed by atoms with Crippen molar-refractivity contribution in [3.05, 3.63) is 34.0 Å². The second kappa shape index (κ2) is 7.77. The maximum Gasteiger partial charge on any atom is 0.264 e. The highest BCUT2D eigenvalue weighted by molar-refractivity contribution is 7.12. The van der Waals surface area contributed by atoms with Crippen LogP contribution in [0.2, 0.25) is 0 Å². The lowest BCUT2D eigenvalue weighted by Gasteiger charge is -2.23. The van der Waals surface area contributed by atoms with Crippen LogP contribution in [0.1, 0.15) is 54.6 Å². The van der Waals surface area contributed by atoms with E-state index in [1.807, 2.05) is 17.5 Å². The van der Waals surface area contributed by atoms with Gasteiger partial charge in [0, 0.05) is 13.1 Å². The Morgan fingerprint density at radius 3 is 2.96 bits per heavy atom. The monoisotopic (exact) mass is 332 g/mol. The van der Waals surface area contributed by atoms with Gasteiger partial charge in [-0.05, 0) is 56.4 Å². The Bertz CT molecular complexity index is 580. The van der Waals surface area contributed by atoms with Gasteiger partial charge in [0.1, 0.15) is 6.04 Å². The summed E-state index contributed by atoms with van der Waals surface area (Å²) in [6.45, 7) is 1.36. The molecule has 1 N–H and O–H groups in total. The van der Waals surface area contributed by atoms with Gasteiger partial charge >= 0.3 is 0 Å². The minimum absolute atomic E-state index is 0.00353. The number of hydrogen-bond acceptors (Lipinski definition) is 3. The normalized spacial score (nSPS) is 21.1. The molecule has 1 aliphatic heterocycles. The second-order valence-electron chi connectivity index (χ2n) is 6.28. The predicted octanol–water partition coefficient (Wildman–Crippen LogP) is 3.36.